The molecule has 0 saturated heterocycles. The van der Waals surface area contributed by atoms with Gasteiger partial charge in [-0.3, -0.25) is 0 Å². The van der Waals surface area contributed by atoms with Gasteiger partial charge in [0, 0.05) is 44.5 Å². The first kappa shape index (κ1) is 28.6. The Hall–Kier alpha value is -7.76. The van der Waals surface area contributed by atoms with E-state index in [0.29, 0.717) is 0 Å². The number of benzene rings is 7. The molecule has 5 heteroatoms. The Balaban J connectivity index is 1.26. The first-order valence-electron chi connectivity index (χ1n) is 20.2. The van der Waals surface area contributed by atoms with Crippen LogP contribution in [0, 0.1) is 0 Å². The van der Waals surface area contributed by atoms with Crippen LogP contribution in [0.1, 0.15) is 11.1 Å². The highest BCUT2D eigenvalue weighted by atomic mass is 15.4. The largest absolute Gasteiger partial charge is 0.319 e. The maximum atomic E-state index is 2.74. The fraction of sp³-hybridized carbons (Fsp3) is 0.0189. The minimum atomic E-state index is -0.717. The Bertz CT molecular complexity index is 3940. The summed E-state index contributed by atoms with van der Waals surface area (Å²) in [5.41, 5.74) is 18.1. The lowest BCUT2D eigenvalue weighted by atomic mass is 9.80. The van der Waals surface area contributed by atoms with Crippen LogP contribution in [-0.4, -0.2) is 13.7 Å². The van der Waals surface area contributed by atoms with Gasteiger partial charge in [-0.15, -0.1) is 0 Å². The van der Waals surface area contributed by atoms with Crippen molar-refractivity contribution in [3.63, 3.8) is 0 Å². The number of hydrogen-bond acceptors (Lipinski definition) is 0. The molecular formula is C53H29N5+2. The summed E-state index contributed by atoms with van der Waals surface area (Å²) in [7, 11) is 0. The number of pyridine rings is 2. The molecule has 0 N–H and O–H groups in total. The van der Waals surface area contributed by atoms with Crippen LogP contribution in [0.4, 0.5) is 0 Å². The van der Waals surface area contributed by atoms with Crippen molar-refractivity contribution in [1.82, 2.24) is 13.7 Å². The summed E-state index contributed by atoms with van der Waals surface area (Å²) in [4.78, 5) is 0. The van der Waals surface area contributed by atoms with Crippen molar-refractivity contribution in [2.75, 3.05) is 0 Å². The van der Waals surface area contributed by atoms with E-state index in [9.17, 15) is 0 Å². The highest BCUT2D eigenvalue weighted by Gasteiger charge is 2.68. The van der Waals surface area contributed by atoms with Crippen molar-refractivity contribution in [2.24, 2.45) is 0 Å². The van der Waals surface area contributed by atoms with Crippen LogP contribution in [-0.2, 0) is 5.66 Å². The maximum Gasteiger partial charge on any atom is 0.319 e. The lowest BCUT2D eigenvalue weighted by Gasteiger charge is -2.39. The van der Waals surface area contributed by atoms with Gasteiger partial charge in [0.15, 0.2) is 22.4 Å². The molecule has 1 spiro atoms. The lowest BCUT2D eigenvalue weighted by Crippen LogP contribution is -2.76. The van der Waals surface area contributed by atoms with Gasteiger partial charge in [-0.05, 0) is 82.9 Å². The van der Waals surface area contributed by atoms with Gasteiger partial charge in [0.05, 0.1) is 16.7 Å². The van der Waals surface area contributed by atoms with Crippen LogP contribution in [0.5, 0.6) is 0 Å². The van der Waals surface area contributed by atoms with E-state index in [1.807, 2.05) is 0 Å². The predicted octanol–water partition coefficient (Wildman–Crippen LogP) is 11.1. The van der Waals surface area contributed by atoms with E-state index >= 15 is 0 Å². The zero-order valence-corrected chi connectivity index (χ0v) is 31.0. The van der Waals surface area contributed by atoms with Crippen molar-refractivity contribution in [1.29, 1.82) is 0 Å². The number of nitrogens with zero attached hydrogens (tertiary/aromatic N) is 5. The predicted molar refractivity (Wildman–Crippen MR) is 231 cm³/mol. The summed E-state index contributed by atoms with van der Waals surface area (Å²) in [5.74, 6) is 2.37. The number of hydrogen-bond donors (Lipinski definition) is 0. The Morgan fingerprint density at radius 2 is 0.776 bits per heavy atom. The van der Waals surface area contributed by atoms with Crippen molar-refractivity contribution in [3.05, 3.63) is 187 Å². The molecule has 9 heterocycles. The molecular weight excluding hydrogens is 707 g/mol. The van der Waals surface area contributed by atoms with Gasteiger partial charge < -0.3 is 4.57 Å². The molecule has 5 nitrogen and oxygen atoms in total. The second-order valence-electron chi connectivity index (χ2n) is 16.5. The summed E-state index contributed by atoms with van der Waals surface area (Å²) >= 11 is 0. The molecule has 0 amide bonds. The van der Waals surface area contributed by atoms with Gasteiger partial charge >= 0.3 is 5.66 Å². The highest BCUT2D eigenvalue weighted by Crippen LogP contribution is 2.58. The van der Waals surface area contributed by atoms with Crippen LogP contribution in [0.25, 0.3) is 116 Å². The standard InChI is InChI=1S/C53H29N5/c1-3-13-30(14-4-1)32-25-44-45-26-33(31-15-5-2-6-16-31)28-47-56-42-22-12-9-19-36(42)39-29-38-35-18-8-10-20-40(35)54-43-24-23-37-34-17-7-11-21-41(34)55-46(27-32)57(44)53(58(45)47,48(43)50(37)55)49(51(38)54)52(39)56/h1-29H/q+2. The third kappa shape index (κ3) is 2.85. The zero-order valence-electron chi connectivity index (χ0n) is 31.0. The zero-order chi connectivity index (χ0) is 37.2. The van der Waals surface area contributed by atoms with Gasteiger partial charge in [0.25, 0.3) is 11.6 Å². The van der Waals surface area contributed by atoms with Gasteiger partial charge in [-0.1, -0.05) is 103 Å². The summed E-state index contributed by atoms with van der Waals surface area (Å²) in [6.07, 6.45) is 0. The lowest BCUT2D eigenvalue weighted by molar-refractivity contribution is -0.933. The second-order valence-corrected chi connectivity index (χ2v) is 16.5. The summed E-state index contributed by atoms with van der Waals surface area (Å²) < 4.78 is 13.3. The van der Waals surface area contributed by atoms with Crippen LogP contribution < -0.4 is 9.13 Å². The van der Waals surface area contributed by atoms with E-state index in [1.165, 1.54) is 128 Å². The molecule has 4 aliphatic heterocycles. The molecule has 12 aromatic rings. The van der Waals surface area contributed by atoms with E-state index < -0.39 is 5.66 Å². The minimum Gasteiger partial charge on any atom is -0.308 e. The Labute approximate surface area is 330 Å². The van der Waals surface area contributed by atoms with Crippen molar-refractivity contribution < 1.29 is 9.13 Å². The SMILES string of the molecule is c1ccc(-c2cc3[n+]4c(c2)-n2c5ccccc5c5ccc6c(c52)C42c4c5c(cc7c8ccccc8n(c47)-c4cc(-c7ccccc7)cc-3[n+]42)c2ccccc2n5-6)cc1. The van der Waals surface area contributed by atoms with Crippen LogP contribution >= 0.6 is 0 Å². The molecule has 0 saturated carbocycles. The maximum absolute atomic E-state index is 2.74. The average molecular weight is 736 g/mol. The fourth-order valence-electron chi connectivity index (χ4n) is 12.0. The Morgan fingerprint density at radius 1 is 0.328 bits per heavy atom. The van der Waals surface area contributed by atoms with E-state index in [2.05, 4.69) is 199 Å². The monoisotopic (exact) mass is 735 g/mol. The average Bonchev–Trinajstić information content (AvgIpc) is 4.01. The van der Waals surface area contributed by atoms with Crippen molar-refractivity contribution in [2.45, 2.75) is 5.66 Å². The summed E-state index contributed by atoms with van der Waals surface area (Å²) in [5, 5.41) is 7.72. The highest BCUT2D eigenvalue weighted by molar-refractivity contribution is 6.23. The van der Waals surface area contributed by atoms with Crippen molar-refractivity contribution >= 4 is 65.4 Å². The molecule has 0 bridgehead atoms. The van der Waals surface area contributed by atoms with E-state index in [0.717, 1.165) is 0 Å². The van der Waals surface area contributed by atoms with E-state index in [-0.39, 0.29) is 0 Å². The summed E-state index contributed by atoms with van der Waals surface area (Å²) in [6.45, 7) is 0. The minimum absolute atomic E-state index is 0.717. The van der Waals surface area contributed by atoms with Crippen molar-refractivity contribution in [3.8, 4) is 51.0 Å². The van der Waals surface area contributed by atoms with Crippen LogP contribution in [0.3, 0.4) is 0 Å². The molecule has 5 aromatic heterocycles. The molecule has 0 fully saturated rings. The van der Waals surface area contributed by atoms with Gasteiger partial charge in [0.2, 0.25) is 0 Å². The molecule has 0 radical (unpaired) electrons. The molecule has 58 heavy (non-hydrogen) atoms. The molecule has 1 unspecified atom stereocenters. The quantitative estimate of drug-likeness (QED) is 0.158. The summed E-state index contributed by atoms with van der Waals surface area (Å²) in [6, 6.07) is 66.2. The van der Waals surface area contributed by atoms with E-state index in [4.69, 9.17) is 0 Å². The first-order chi connectivity index (χ1) is 28.8. The van der Waals surface area contributed by atoms with Gasteiger partial charge in [0.1, 0.15) is 22.2 Å². The second kappa shape index (κ2) is 9.26. The number of aromatic nitrogens is 5. The normalized spacial score (nSPS) is 16.0. The number of fused-ring (bicyclic) bond motifs is 13. The molecule has 4 aliphatic rings. The first-order valence-corrected chi connectivity index (χ1v) is 20.2. The van der Waals surface area contributed by atoms with Gasteiger partial charge in [-0.2, -0.15) is 18.3 Å². The molecule has 1 atom stereocenters. The van der Waals surface area contributed by atoms with Crippen LogP contribution in [0.15, 0.2) is 176 Å². The molecule has 264 valence electrons. The molecule has 16 rings (SSSR count). The Kier molecular flexibility index (Phi) is 4.57. The number of para-hydroxylation sites is 3. The van der Waals surface area contributed by atoms with Crippen LogP contribution in [0.2, 0.25) is 0 Å². The smallest absolute Gasteiger partial charge is 0.308 e. The third-order valence-corrected chi connectivity index (χ3v) is 14.0. The topological polar surface area (TPSA) is 22.5 Å². The molecule has 0 aliphatic carbocycles. The third-order valence-electron chi connectivity index (χ3n) is 14.0. The fourth-order valence-corrected chi connectivity index (χ4v) is 12.0. The molecule has 7 aromatic carbocycles. The Morgan fingerprint density at radius 3 is 1.33 bits per heavy atom. The number of rotatable bonds is 2. The van der Waals surface area contributed by atoms with Gasteiger partial charge in [-0.25, -0.2) is 0 Å². The van der Waals surface area contributed by atoms with E-state index in [1.54, 1.807) is 0 Å².